The first-order valence-electron chi connectivity index (χ1n) is 4.03. The minimum absolute atomic E-state index is 0.147. The Morgan fingerprint density at radius 1 is 1.29 bits per heavy atom. The number of benzene rings is 1. The quantitative estimate of drug-likeness (QED) is 0.726. The summed E-state index contributed by atoms with van der Waals surface area (Å²) in [5.74, 6) is 0.736. The number of Topliss-reactive ketones (excluding diaryl/α,β-unsaturated/α-hetero) is 1. The van der Waals surface area contributed by atoms with Crippen LogP contribution < -0.4 is 9.47 Å². The van der Waals surface area contributed by atoms with Crippen LogP contribution in [-0.2, 0) is 0 Å². The number of rotatable bonds is 3. The van der Waals surface area contributed by atoms with E-state index in [1.165, 1.54) is 21.1 Å². The first-order chi connectivity index (χ1) is 6.61. The Morgan fingerprint density at radius 3 is 2.36 bits per heavy atom. The summed E-state index contributed by atoms with van der Waals surface area (Å²) in [5.41, 5.74) is 0.355. The third-order valence-electron chi connectivity index (χ3n) is 1.85. The summed E-state index contributed by atoms with van der Waals surface area (Å²) >= 11 is 5.88. The van der Waals surface area contributed by atoms with E-state index in [0.29, 0.717) is 22.1 Å². The van der Waals surface area contributed by atoms with E-state index in [9.17, 15) is 4.79 Å². The predicted octanol–water partition coefficient (Wildman–Crippen LogP) is 2.56. The van der Waals surface area contributed by atoms with Crippen LogP contribution in [-0.4, -0.2) is 20.0 Å². The number of carbonyl (C=O) groups excluding carboxylic acids is 1. The molecule has 0 amide bonds. The van der Waals surface area contributed by atoms with Crippen LogP contribution in [0.2, 0.25) is 5.02 Å². The van der Waals surface area contributed by atoms with Gasteiger partial charge in [0, 0.05) is 0 Å². The highest BCUT2D eigenvalue weighted by atomic mass is 35.5. The molecule has 1 aromatic rings. The zero-order chi connectivity index (χ0) is 10.7. The molecule has 0 bridgehead atoms. The number of methoxy groups -OCH3 is 2. The van der Waals surface area contributed by atoms with Gasteiger partial charge < -0.3 is 9.47 Å². The van der Waals surface area contributed by atoms with E-state index in [2.05, 4.69) is 0 Å². The van der Waals surface area contributed by atoms with Gasteiger partial charge >= 0.3 is 0 Å². The van der Waals surface area contributed by atoms with Crippen LogP contribution in [0.25, 0.3) is 0 Å². The van der Waals surface area contributed by atoms with Gasteiger partial charge in [-0.25, -0.2) is 0 Å². The zero-order valence-corrected chi connectivity index (χ0v) is 9.01. The number of carbonyl (C=O) groups is 1. The molecule has 0 unspecified atom stereocenters. The van der Waals surface area contributed by atoms with Crippen molar-refractivity contribution >= 4 is 17.4 Å². The topological polar surface area (TPSA) is 35.5 Å². The molecule has 0 aliphatic heterocycles. The second kappa shape index (κ2) is 4.33. The minimum atomic E-state index is -0.147. The molecule has 0 spiro atoms. The SMILES string of the molecule is COc1ccc(Cl)c(C(C)=O)c1OC. The maximum atomic E-state index is 11.3. The molecule has 0 fully saturated rings. The minimum Gasteiger partial charge on any atom is -0.493 e. The van der Waals surface area contributed by atoms with Gasteiger partial charge in [-0.3, -0.25) is 4.79 Å². The predicted molar refractivity (Wildman–Crippen MR) is 54.6 cm³/mol. The molecule has 1 rings (SSSR count). The summed E-state index contributed by atoms with van der Waals surface area (Å²) in [6, 6.07) is 3.27. The summed E-state index contributed by atoms with van der Waals surface area (Å²) < 4.78 is 10.1. The van der Waals surface area contributed by atoms with Crippen molar-refractivity contribution in [3.63, 3.8) is 0 Å². The molecule has 0 aliphatic carbocycles. The first-order valence-corrected chi connectivity index (χ1v) is 4.41. The van der Waals surface area contributed by atoms with Crippen LogP contribution in [0, 0.1) is 0 Å². The molecule has 0 radical (unpaired) electrons. The van der Waals surface area contributed by atoms with Gasteiger partial charge in [0.2, 0.25) is 0 Å². The van der Waals surface area contributed by atoms with E-state index < -0.39 is 0 Å². The second-order valence-electron chi connectivity index (χ2n) is 2.71. The van der Waals surface area contributed by atoms with Crippen molar-refractivity contribution in [3.05, 3.63) is 22.7 Å². The van der Waals surface area contributed by atoms with E-state index in [0.717, 1.165) is 0 Å². The lowest BCUT2D eigenvalue weighted by Gasteiger charge is -2.11. The highest BCUT2D eigenvalue weighted by molar-refractivity contribution is 6.34. The van der Waals surface area contributed by atoms with Crippen molar-refractivity contribution in [3.8, 4) is 11.5 Å². The normalized spacial score (nSPS) is 9.71. The van der Waals surface area contributed by atoms with Crippen molar-refractivity contribution in [2.24, 2.45) is 0 Å². The molecule has 0 saturated heterocycles. The number of ketones is 1. The third kappa shape index (κ3) is 1.82. The number of hydrogen-bond donors (Lipinski definition) is 0. The van der Waals surface area contributed by atoms with Crippen LogP contribution in [0.4, 0.5) is 0 Å². The standard InChI is InChI=1S/C10H11ClO3/c1-6(12)9-7(11)4-5-8(13-2)10(9)14-3/h4-5H,1-3H3. The maximum Gasteiger partial charge on any atom is 0.173 e. The Labute approximate surface area is 87.6 Å². The van der Waals surface area contributed by atoms with Gasteiger partial charge in [0.25, 0.3) is 0 Å². The van der Waals surface area contributed by atoms with Crippen LogP contribution in [0.5, 0.6) is 11.5 Å². The zero-order valence-electron chi connectivity index (χ0n) is 8.26. The lowest BCUT2D eigenvalue weighted by Crippen LogP contribution is -2.01. The lowest BCUT2D eigenvalue weighted by molar-refractivity contribution is 0.101. The molecule has 3 nitrogen and oxygen atoms in total. The van der Waals surface area contributed by atoms with Gasteiger partial charge in [-0.05, 0) is 19.1 Å². The van der Waals surface area contributed by atoms with E-state index in [1.54, 1.807) is 12.1 Å². The third-order valence-corrected chi connectivity index (χ3v) is 2.16. The molecule has 0 heterocycles. The molecule has 0 saturated carbocycles. The van der Waals surface area contributed by atoms with Crippen LogP contribution in [0.3, 0.4) is 0 Å². The van der Waals surface area contributed by atoms with Gasteiger partial charge in [0.15, 0.2) is 17.3 Å². The molecule has 4 heteroatoms. The second-order valence-corrected chi connectivity index (χ2v) is 3.12. The van der Waals surface area contributed by atoms with Crippen LogP contribution in [0.1, 0.15) is 17.3 Å². The number of ether oxygens (including phenoxy) is 2. The Balaban J connectivity index is 3.42. The summed E-state index contributed by atoms with van der Waals surface area (Å²) in [4.78, 5) is 11.3. The fourth-order valence-corrected chi connectivity index (χ4v) is 1.51. The average Bonchev–Trinajstić information content (AvgIpc) is 2.16. The van der Waals surface area contributed by atoms with E-state index >= 15 is 0 Å². The van der Waals surface area contributed by atoms with Gasteiger partial charge in [-0.2, -0.15) is 0 Å². The highest BCUT2D eigenvalue weighted by Crippen LogP contribution is 2.35. The summed E-state index contributed by atoms with van der Waals surface area (Å²) in [7, 11) is 2.98. The van der Waals surface area contributed by atoms with Gasteiger partial charge in [-0.15, -0.1) is 0 Å². The van der Waals surface area contributed by atoms with E-state index in [4.69, 9.17) is 21.1 Å². The molecular weight excluding hydrogens is 204 g/mol. The molecule has 0 aliphatic rings. The summed E-state index contributed by atoms with van der Waals surface area (Å²) in [5, 5.41) is 0.371. The smallest absolute Gasteiger partial charge is 0.173 e. The van der Waals surface area contributed by atoms with Gasteiger partial charge in [-0.1, -0.05) is 11.6 Å². The summed E-state index contributed by atoms with van der Waals surface area (Å²) in [6.45, 7) is 1.43. The molecule has 1 aromatic carbocycles. The molecule has 14 heavy (non-hydrogen) atoms. The van der Waals surface area contributed by atoms with Crippen LogP contribution in [0.15, 0.2) is 12.1 Å². The highest BCUT2D eigenvalue weighted by Gasteiger charge is 2.17. The average molecular weight is 215 g/mol. The van der Waals surface area contributed by atoms with Gasteiger partial charge in [0.1, 0.15) is 0 Å². The Kier molecular flexibility index (Phi) is 3.36. The lowest BCUT2D eigenvalue weighted by atomic mass is 10.1. The van der Waals surface area contributed by atoms with E-state index in [1.807, 2.05) is 0 Å². The Bertz CT molecular complexity index is 361. The van der Waals surface area contributed by atoms with Crippen molar-refractivity contribution in [2.45, 2.75) is 6.92 Å². The van der Waals surface area contributed by atoms with Crippen molar-refractivity contribution in [1.82, 2.24) is 0 Å². The van der Waals surface area contributed by atoms with Gasteiger partial charge in [0.05, 0.1) is 24.8 Å². The first kappa shape index (κ1) is 10.9. The monoisotopic (exact) mass is 214 g/mol. The molecule has 0 N–H and O–H groups in total. The molecule has 0 atom stereocenters. The fraction of sp³-hybridized carbons (Fsp3) is 0.300. The Hall–Kier alpha value is -1.22. The summed E-state index contributed by atoms with van der Waals surface area (Å²) in [6.07, 6.45) is 0. The maximum absolute atomic E-state index is 11.3. The van der Waals surface area contributed by atoms with Crippen LogP contribution >= 0.6 is 11.6 Å². The van der Waals surface area contributed by atoms with Crippen molar-refractivity contribution < 1.29 is 14.3 Å². The van der Waals surface area contributed by atoms with E-state index in [-0.39, 0.29) is 5.78 Å². The van der Waals surface area contributed by atoms with Crippen molar-refractivity contribution in [1.29, 1.82) is 0 Å². The molecule has 0 aromatic heterocycles. The largest absolute Gasteiger partial charge is 0.493 e. The van der Waals surface area contributed by atoms with Crippen molar-refractivity contribution in [2.75, 3.05) is 14.2 Å². The Morgan fingerprint density at radius 2 is 1.93 bits per heavy atom. The fourth-order valence-electron chi connectivity index (χ4n) is 1.23. The number of halogens is 1. The molecule has 76 valence electrons. The number of hydrogen-bond acceptors (Lipinski definition) is 3. The molecular formula is C10H11ClO3.